The number of para-hydroxylation sites is 1. The Labute approximate surface area is 109 Å². The lowest BCUT2D eigenvalue weighted by Gasteiger charge is -2.32. The molecule has 1 aromatic carbocycles. The third kappa shape index (κ3) is 2.32. The van der Waals surface area contributed by atoms with Crippen LogP contribution in [-0.4, -0.2) is 18.1 Å². The summed E-state index contributed by atoms with van der Waals surface area (Å²) >= 11 is 0. The predicted molar refractivity (Wildman–Crippen MR) is 56.5 cm³/mol. The van der Waals surface area contributed by atoms with Gasteiger partial charge in [0.25, 0.3) is 0 Å². The van der Waals surface area contributed by atoms with Crippen molar-refractivity contribution in [3.05, 3.63) is 18.2 Å². The number of nitrogens with one attached hydrogen (secondary N) is 1. The van der Waals surface area contributed by atoms with Crippen LogP contribution < -0.4 is 14.8 Å². The van der Waals surface area contributed by atoms with Gasteiger partial charge in [0.15, 0.2) is 11.5 Å². The number of fused-ring (bicyclic) bond motifs is 1. The van der Waals surface area contributed by atoms with Crippen LogP contribution in [0.15, 0.2) is 18.2 Å². The average molecular weight is 290 g/mol. The van der Waals surface area contributed by atoms with Gasteiger partial charge in [0.1, 0.15) is 6.42 Å². The van der Waals surface area contributed by atoms with Crippen molar-refractivity contribution in [2.45, 2.75) is 18.6 Å². The molecule has 0 saturated heterocycles. The first-order valence-electron chi connectivity index (χ1n) is 5.20. The molecule has 0 radical (unpaired) electrons. The van der Waals surface area contributed by atoms with E-state index in [0.29, 0.717) is 0 Å². The molecule has 0 bridgehead atoms. The maximum atomic E-state index is 13.1. The molecule has 1 N–H and O–H groups in total. The summed E-state index contributed by atoms with van der Waals surface area (Å²) in [6, 6.07) is 4.88. The van der Waals surface area contributed by atoms with Gasteiger partial charge in [-0.25, -0.2) is 0 Å². The fourth-order valence-corrected chi connectivity index (χ4v) is 1.45. The highest BCUT2D eigenvalue weighted by Crippen LogP contribution is 2.49. The summed E-state index contributed by atoms with van der Waals surface area (Å²) in [5, 5.41) is 10.4. The van der Waals surface area contributed by atoms with Crippen molar-refractivity contribution in [3.63, 3.8) is 0 Å². The number of benzene rings is 1. The zero-order valence-electron chi connectivity index (χ0n) is 9.62. The Kier molecular flexibility index (Phi) is 3.17. The standard InChI is InChI=1S/C11H6F4N2O3/c12-10(13)11(14,15)20-9-6(17-8(18)4-5-16)2-1-3-7(9)19-10/h1-3H,4H2,(H,17,18). The number of hydrogen-bond acceptors (Lipinski definition) is 4. The normalized spacial score (nSPS) is 17.9. The van der Waals surface area contributed by atoms with E-state index in [1.807, 2.05) is 0 Å². The summed E-state index contributed by atoms with van der Waals surface area (Å²) in [6.07, 6.45) is -10.2. The van der Waals surface area contributed by atoms with Crippen LogP contribution in [0.4, 0.5) is 23.2 Å². The van der Waals surface area contributed by atoms with Gasteiger partial charge in [-0.1, -0.05) is 6.07 Å². The van der Waals surface area contributed by atoms with Crippen LogP contribution in [-0.2, 0) is 4.79 Å². The van der Waals surface area contributed by atoms with Crippen molar-refractivity contribution in [3.8, 4) is 17.6 Å². The fourth-order valence-electron chi connectivity index (χ4n) is 1.45. The van der Waals surface area contributed by atoms with Crippen LogP contribution >= 0.6 is 0 Å². The van der Waals surface area contributed by atoms with E-state index in [9.17, 15) is 22.4 Å². The molecule has 20 heavy (non-hydrogen) atoms. The number of anilines is 1. The van der Waals surface area contributed by atoms with Gasteiger partial charge in [-0.05, 0) is 12.1 Å². The van der Waals surface area contributed by atoms with Gasteiger partial charge in [-0.3, -0.25) is 4.79 Å². The summed E-state index contributed by atoms with van der Waals surface area (Å²) in [4.78, 5) is 11.2. The molecule has 1 aliphatic rings. The molecule has 1 heterocycles. The summed E-state index contributed by atoms with van der Waals surface area (Å²) in [5.41, 5.74) is -0.294. The third-order valence-corrected chi connectivity index (χ3v) is 2.30. The lowest BCUT2D eigenvalue weighted by Crippen LogP contribution is -2.52. The van der Waals surface area contributed by atoms with Gasteiger partial charge >= 0.3 is 12.2 Å². The Morgan fingerprint density at radius 1 is 1.25 bits per heavy atom. The van der Waals surface area contributed by atoms with E-state index in [1.54, 1.807) is 6.07 Å². The first kappa shape index (κ1) is 13.9. The topological polar surface area (TPSA) is 71.4 Å². The molecule has 0 aromatic heterocycles. The highest BCUT2D eigenvalue weighted by Gasteiger charge is 2.66. The van der Waals surface area contributed by atoms with E-state index in [1.165, 1.54) is 6.07 Å². The maximum Gasteiger partial charge on any atom is 0.507 e. The lowest BCUT2D eigenvalue weighted by molar-refractivity contribution is -0.391. The van der Waals surface area contributed by atoms with Crippen molar-refractivity contribution in [2.24, 2.45) is 0 Å². The molecule has 1 aliphatic heterocycles. The van der Waals surface area contributed by atoms with Crippen molar-refractivity contribution < 1.29 is 31.8 Å². The Morgan fingerprint density at radius 2 is 1.90 bits per heavy atom. The molecule has 2 rings (SSSR count). The smallest absolute Gasteiger partial charge is 0.421 e. The second-order valence-corrected chi connectivity index (χ2v) is 3.75. The highest BCUT2D eigenvalue weighted by atomic mass is 19.3. The van der Waals surface area contributed by atoms with E-state index in [2.05, 4.69) is 14.8 Å². The molecular formula is C11H6F4N2O3. The van der Waals surface area contributed by atoms with Gasteiger partial charge < -0.3 is 14.8 Å². The molecule has 0 fully saturated rings. The molecule has 0 atom stereocenters. The van der Waals surface area contributed by atoms with Crippen LogP contribution in [0.3, 0.4) is 0 Å². The summed E-state index contributed by atoms with van der Waals surface area (Å²) in [5.74, 6) is -2.17. The van der Waals surface area contributed by atoms with Gasteiger partial charge in [0.2, 0.25) is 5.91 Å². The zero-order valence-corrected chi connectivity index (χ0v) is 9.62. The van der Waals surface area contributed by atoms with E-state index < -0.39 is 36.0 Å². The molecule has 5 nitrogen and oxygen atoms in total. The number of halogens is 4. The molecule has 106 valence electrons. The second-order valence-electron chi connectivity index (χ2n) is 3.75. The molecule has 0 unspecified atom stereocenters. The Bertz CT molecular complexity index is 598. The number of ether oxygens (including phenoxy) is 2. The quantitative estimate of drug-likeness (QED) is 0.849. The van der Waals surface area contributed by atoms with E-state index in [4.69, 9.17) is 5.26 Å². The fraction of sp³-hybridized carbons (Fsp3) is 0.273. The zero-order chi connectivity index (χ0) is 15.0. The first-order chi connectivity index (χ1) is 9.27. The molecule has 0 spiro atoms. The summed E-state index contributed by atoms with van der Waals surface area (Å²) in [6.45, 7) is 0. The molecule has 9 heteroatoms. The first-order valence-corrected chi connectivity index (χ1v) is 5.20. The van der Waals surface area contributed by atoms with Crippen molar-refractivity contribution in [2.75, 3.05) is 5.32 Å². The predicted octanol–water partition coefficient (Wildman–Crippen LogP) is 2.50. The van der Waals surface area contributed by atoms with Crippen LogP contribution in [0.1, 0.15) is 6.42 Å². The molecule has 1 aromatic rings. The van der Waals surface area contributed by atoms with E-state index >= 15 is 0 Å². The van der Waals surface area contributed by atoms with Gasteiger partial charge in [-0.15, -0.1) is 0 Å². The number of hydrogen-bond donors (Lipinski definition) is 1. The maximum absolute atomic E-state index is 13.1. The monoisotopic (exact) mass is 290 g/mol. The largest absolute Gasteiger partial charge is 0.507 e. The number of nitrogens with zero attached hydrogens (tertiary/aromatic N) is 1. The molecule has 0 aliphatic carbocycles. The van der Waals surface area contributed by atoms with Crippen molar-refractivity contribution in [1.29, 1.82) is 5.26 Å². The minimum atomic E-state index is -4.88. The van der Waals surface area contributed by atoms with Gasteiger partial charge in [0, 0.05) is 0 Å². The average Bonchev–Trinajstić information content (AvgIpc) is 2.31. The summed E-state index contributed by atoms with van der Waals surface area (Å²) < 4.78 is 59.9. The number of carbonyl (C=O) groups excluding carboxylic acids is 1. The number of alkyl halides is 4. The lowest BCUT2D eigenvalue weighted by atomic mass is 10.2. The van der Waals surface area contributed by atoms with Crippen molar-refractivity contribution in [1.82, 2.24) is 0 Å². The number of amides is 1. The second kappa shape index (κ2) is 4.56. The molecule has 1 amide bonds. The highest BCUT2D eigenvalue weighted by molar-refractivity contribution is 5.94. The Balaban J connectivity index is 2.37. The molecular weight excluding hydrogens is 284 g/mol. The SMILES string of the molecule is N#CCC(=O)Nc1cccc2c1OC(F)(F)C(F)(F)O2. The van der Waals surface area contributed by atoms with Gasteiger partial charge in [0.05, 0.1) is 11.8 Å². The van der Waals surface area contributed by atoms with Crippen LogP contribution in [0.25, 0.3) is 0 Å². The van der Waals surface area contributed by atoms with Crippen molar-refractivity contribution >= 4 is 11.6 Å². The summed E-state index contributed by atoms with van der Waals surface area (Å²) in [7, 11) is 0. The minimum Gasteiger partial charge on any atom is -0.421 e. The molecule has 0 saturated carbocycles. The van der Waals surface area contributed by atoms with Crippen LogP contribution in [0.5, 0.6) is 11.5 Å². The van der Waals surface area contributed by atoms with Gasteiger partial charge in [-0.2, -0.15) is 22.8 Å². The third-order valence-electron chi connectivity index (χ3n) is 2.30. The Morgan fingerprint density at radius 3 is 2.55 bits per heavy atom. The Hall–Kier alpha value is -2.50. The number of rotatable bonds is 2. The number of nitriles is 1. The van der Waals surface area contributed by atoms with E-state index in [-0.39, 0.29) is 5.69 Å². The number of carbonyl (C=O) groups is 1. The van der Waals surface area contributed by atoms with E-state index in [0.717, 1.165) is 12.1 Å². The van der Waals surface area contributed by atoms with Crippen LogP contribution in [0.2, 0.25) is 0 Å². The van der Waals surface area contributed by atoms with Crippen LogP contribution in [0, 0.1) is 11.3 Å². The minimum absolute atomic E-state index is 0.294.